The Morgan fingerprint density at radius 2 is 2.21 bits per heavy atom. The van der Waals surface area contributed by atoms with E-state index in [0.717, 1.165) is 5.75 Å². The van der Waals surface area contributed by atoms with E-state index in [1.165, 1.54) is 22.9 Å². The third kappa shape index (κ3) is 2.97. The van der Waals surface area contributed by atoms with E-state index >= 15 is 0 Å². The average Bonchev–Trinajstić information content (AvgIpc) is 2.19. The SMILES string of the molecule is Cc1cccc(OCCSC#N)c1C. The van der Waals surface area contributed by atoms with Crippen LogP contribution in [0.3, 0.4) is 0 Å². The molecule has 0 aliphatic rings. The van der Waals surface area contributed by atoms with E-state index in [0.29, 0.717) is 12.4 Å². The van der Waals surface area contributed by atoms with E-state index in [9.17, 15) is 0 Å². The monoisotopic (exact) mass is 207 g/mol. The predicted molar refractivity (Wildman–Crippen MR) is 59.5 cm³/mol. The predicted octanol–water partition coefficient (Wildman–Crippen LogP) is 2.90. The van der Waals surface area contributed by atoms with Crippen LogP contribution >= 0.6 is 11.8 Å². The van der Waals surface area contributed by atoms with Gasteiger partial charge in [0.05, 0.1) is 6.61 Å². The van der Waals surface area contributed by atoms with E-state index in [2.05, 4.69) is 13.0 Å². The van der Waals surface area contributed by atoms with Gasteiger partial charge in [0.2, 0.25) is 0 Å². The first-order valence-corrected chi connectivity index (χ1v) is 5.44. The van der Waals surface area contributed by atoms with Gasteiger partial charge in [-0.25, -0.2) is 0 Å². The van der Waals surface area contributed by atoms with Crippen LogP contribution in [0, 0.1) is 24.5 Å². The number of hydrogen-bond donors (Lipinski definition) is 0. The molecule has 0 spiro atoms. The van der Waals surface area contributed by atoms with Gasteiger partial charge in [0.25, 0.3) is 0 Å². The molecule has 2 nitrogen and oxygen atoms in total. The molecule has 0 aliphatic heterocycles. The van der Waals surface area contributed by atoms with Crippen molar-refractivity contribution in [3.05, 3.63) is 29.3 Å². The van der Waals surface area contributed by atoms with Crippen LogP contribution in [-0.2, 0) is 0 Å². The molecule has 0 bridgehead atoms. The first-order valence-electron chi connectivity index (χ1n) is 4.45. The fraction of sp³-hybridized carbons (Fsp3) is 0.364. The quantitative estimate of drug-likeness (QED) is 0.562. The number of ether oxygens (including phenoxy) is 1. The molecule has 0 amide bonds. The van der Waals surface area contributed by atoms with Gasteiger partial charge in [-0.1, -0.05) is 12.1 Å². The Balaban J connectivity index is 2.51. The Kier molecular flexibility index (Phi) is 4.34. The third-order valence-corrected chi connectivity index (χ3v) is 2.56. The fourth-order valence-electron chi connectivity index (χ4n) is 1.12. The lowest BCUT2D eigenvalue weighted by Crippen LogP contribution is -2.01. The molecule has 1 aromatic carbocycles. The Morgan fingerprint density at radius 3 is 2.93 bits per heavy atom. The minimum absolute atomic E-state index is 0.586. The highest BCUT2D eigenvalue weighted by Crippen LogP contribution is 2.20. The van der Waals surface area contributed by atoms with Crippen LogP contribution in [0.5, 0.6) is 5.75 Å². The molecular weight excluding hydrogens is 194 g/mol. The maximum Gasteiger partial charge on any atom is 0.133 e. The van der Waals surface area contributed by atoms with Crippen LogP contribution in [0.4, 0.5) is 0 Å². The molecule has 0 saturated heterocycles. The van der Waals surface area contributed by atoms with Crippen molar-refractivity contribution in [3.63, 3.8) is 0 Å². The van der Waals surface area contributed by atoms with Crippen molar-refractivity contribution in [1.29, 1.82) is 5.26 Å². The van der Waals surface area contributed by atoms with Crippen LogP contribution in [0.25, 0.3) is 0 Å². The molecule has 0 aromatic heterocycles. The summed E-state index contributed by atoms with van der Waals surface area (Å²) in [7, 11) is 0. The lowest BCUT2D eigenvalue weighted by atomic mass is 10.1. The summed E-state index contributed by atoms with van der Waals surface area (Å²) in [5.74, 6) is 1.63. The number of thiocyanates is 1. The molecule has 1 rings (SSSR count). The number of aryl methyl sites for hydroxylation is 1. The zero-order chi connectivity index (χ0) is 10.4. The molecule has 0 saturated carbocycles. The number of benzene rings is 1. The van der Waals surface area contributed by atoms with E-state index < -0.39 is 0 Å². The van der Waals surface area contributed by atoms with Gasteiger partial charge in [0.1, 0.15) is 11.2 Å². The molecule has 1 aromatic rings. The van der Waals surface area contributed by atoms with Crippen LogP contribution < -0.4 is 4.74 Å². The summed E-state index contributed by atoms with van der Waals surface area (Å²) >= 11 is 1.22. The second kappa shape index (κ2) is 5.56. The maximum absolute atomic E-state index is 8.32. The van der Waals surface area contributed by atoms with Gasteiger partial charge in [0, 0.05) is 5.75 Å². The van der Waals surface area contributed by atoms with E-state index in [-0.39, 0.29) is 0 Å². The molecule has 0 heterocycles. The highest BCUT2D eigenvalue weighted by Gasteiger charge is 2.00. The summed E-state index contributed by atoms with van der Waals surface area (Å²) in [5, 5.41) is 10.3. The highest BCUT2D eigenvalue weighted by atomic mass is 32.2. The summed E-state index contributed by atoms with van der Waals surface area (Å²) in [4.78, 5) is 0. The first-order chi connectivity index (χ1) is 6.75. The number of nitriles is 1. The Hall–Kier alpha value is -1.14. The number of rotatable bonds is 4. The van der Waals surface area contributed by atoms with Crippen LogP contribution in [0.2, 0.25) is 0 Å². The number of hydrogen-bond acceptors (Lipinski definition) is 3. The summed E-state index contributed by atoms with van der Waals surface area (Å²) in [6.07, 6.45) is 0. The van der Waals surface area contributed by atoms with Crippen molar-refractivity contribution in [3.8, 4) is 11.2 Å². The second-order valence-electron chi connectivity index (χ2n) is 2.99. The summed E-state index contributed by atoms with van der Waals surface area (Å²) in [6, 6.07) is 6.00. The smallest absolute Gasteiger partial charge is 0.133 e. The normalized spacial score (nSPS) is 9.50. The van der Waals surface area contributed by atoms with Gasteiger partial charge in [-0.3, -0.25) is 0 Å². The molecule has 0 aliphatic carbocycles. The van der Waals surface area contributed by atoms with Gasteiger partial charge >= 0.3 is 0 Å². The average molecular weight is 207 g/mol. The maximum atomic E-state index is 8.32. The molecular formula is C11H13NOS. The van der Waals surface area contributed by atoms with Gasteiger partial charge in [0.15, 0.2) is 0 Å². The van der Waals surface area contributed by atoms with Crippen molar-refractivity contribution in [2.45, 2.75) is 13.8 Å². The first kappa shape index (κ1) is 10.9. The molecule has 0 atom stereocenters. The molecule has 0 unspecified atom stereocenters. The van der Waals surface area contributed by atoms with Crippen molar-refractivity contribution >= 4 is 11.8 Å². The fourth-order valence-corrected chi connectivity index (χ4v) is 1.38. The highest BCUT2D eigenvalue weighted by molar-refractivity contribution is 8.03. The van der Waals surface area contributed by atoms with Crippen LogP contribution in [0.15, 0.2) is 18.2 Å². The lowest BCUT2D eigenvalue weighted by Gasteiger charge is -2.09. The molecule has 0 fully saturated rings. The zero-order valence-corrected chi connectivity index (χ0v) is 9.23. The minimum atomic E-state index is 0.586. The Morgan fingerprint density at radius 1 is 1.43 bits per heavy atom. The van der Waals surface area contributed by atoms with E-state index in [4.69, 9.17) is 10.00 Å². The summed E-state index contributed by atoms with van der Waals surface area (Å²) < 4.78 is 5.55. The van der Waals surface area contributed by atoms with Crippen molar-refractivity contribution in [2.75, 3.05) is 12.4 Å². The number of thioether (sulfide) groups is 1. The Labute approximate surface area is 88.9 Å². The summed E-state index contributed by atoms with van der Waals surface area (Å²) in [6.45, 7) is 4.69. The molecule has 0 N–H and O–H groups in total. The van der Waals surface area contributed by atoms with Crippen LogP contribution in [0.1, 0.15) is 11.1 Å². The van der Waals surface area contributed by atoms with Crippen molar-refractivity contribution < 1.29 is 4.74 Å². The van der Waals surface area contributed by atoms with Gasteiger partial charge in [-0.15, -0.1) is 0 Å². The Bertz CT molecular complexity index is 344. The molecule has 3 heteroatoms. The largest absolute Gasteiger partial charge is 0.492 e. The standard InChI is InChI=1S/C11H13NOS/c1-9-4-3-5-11(10(9)2)13-6-7-14-8-12/h3-5H,6-7H2,1-2H3. The topological polar surface area (TPSA) is 33.0 Å². The lowest BCUT2D eigenvalue weighted by molar-refractivity contribution is 0.341. The van der Waals surface area contributed by atoms with Gasteiger partial charge in [-0.2, -0.15) is 5.26 Å². The molecule has 14 heavy (non-hydrogen) atoms. The number of nitrogens with zero attached hydrogens (tertiary/aromatic N) is 1. The minimum Gasteiger partial charge on any atom is -0.492 e. The van der Waals surface area contributed by atoms with E-state index in [1.54, 1.807) is 0 Å². The second-order valence-corrected chi connectivity index (χ2v) is 3.87. The van der Waals surface area contributed by atoms with Crippen molar-refractivity contribution in [2.24, 2.45) is 0 Å². The summed E-state index contributed by atoms with van der Waals surface area (Å²) in [5.41, 5.74) is 2.41. The third-order valence-electron chi connectivity index (χ3n) is 2.06. The molecule has 74 valence electrons. The zero-order valence-electron chi connectivity index (χ0n) is 8.41. The van der Waals surface area contributed by atoms with E-state index in [1.807, 2.05) is 24.5 Å². The van der Waals surface area contributed by atoms with Crippen molar-refractivity contribution in [1.82, 2.24) is 0 Å². The van der Waals surface area contributed by atoms with Gasteiger partial charge in [-0.05, 0) is 42.8 Å². The van der Waals surface area contributed by atoms with Crippen LogP contribution in [-0.4, -0.2) is 12.4 Å². The van der Waals surface area contributed by atoms with Gasteiger partial charge < -0.3 is 4.74 Å². The molecule has 0 radical (unpaired) electrons.